The first-order valence-corrected chi connectivity index (χ1v) is 5.48. The summed E-state index contributed by atoms with van der Waals surface area (Å²) in [7, 11) is 3.59. The molecule has 1 rings (SSSR count). The minimum absolute atomic E-state index is 0.257. The first-order chi connectivity index (χ1) is 8.04. The van der Waals surface area contributed by atoms with Gasteiger partial charge in [-0.1, -0.05) is 0 Å². The van der Waals surface area contributed by atoms with Crippen molar-refractivity contribution in [2.24, 2.45) is 5.73 Å². The van der Waals surface area contributed by atoms with Crippen LogP contribution in [0.2, 0.25) is 0 Å². The predicted molar refractivity (Wildman–Crippen MR) is 66.3 cm³/mol. The summed E-state index contributed by atoms with van der Waals surface area (Å²) in [5.41, 5.74) is 6.13. The zero-order valence-corrected chi connectivity index (χ0v) is 10.1. The quantitative estimate of drug-likeness (QED) is 0.769. The van der Waals surface area contributed by atoms with Gasteiger partial charge in [-0.05, 0) is 37.7 Å². The number of rotatable bonds is 6. The highest BCUT2D eigenvalue weighted by atomic mass is 19.1. The third-order valence-corrected chi connectivity index (χ3v) is 2.71. The second-order valence-corrected chi connectivity index (χ2v) is 3.93. The minimum atomic E-state index is -0.361. The van der Waals surface area contributed by atoms with E-state index in [1.54, 1.807) is 19.2 Å². The molecule has 0 saturated carbocycles. The van der Waals surface area contributed by atoms with E-state index in [2.05, 4.69) is 5.32 Å². The van der Waals surface area contributed by atoms with Crippen molar-refractivity contribution in [3.63, 3.8) is 0 Å². The Morgan fingerprint density at radius 3 is 2.53 bits per heavy atom. The topological polar surface area (TPSA) is 58.4 Å². The number of anilines is 1. The Morgan fingerprint density at radius 1 is 1.47 bits per heavy atom. The molecule has 0 heterocycles. The van der Waals surface area contributed by atoms with E-state index in [0.717, 1.165) is 5.69 Å². The number of nitrogens with one attached hydrogen (secondary N) is 1. The maximum Gasteiger partial charge on any atom is 0.234 e. The van der Waals surface area contributed by atoms with Crippen LogP contribution in [0.5, 0.6) is 0 Å². The van der Waals surface area contributed by atoms with Crippen LogP contribution in [0.25, 0.3) is 0 Å². The second-order valence-electron chi connectivity index (χ2n) is 3.93. The van der Waals surface area contributed by atoms with Gasteiger partial charge in [0.05, 0.1) is 6.04 Å². The van der Waals surface area contributed by atoms with Gasteiger partial charge in [-0.25, -0.2) is 4.39 Å². The average Bonchev–Trinajstić information content (AvgIpc) is 2.30. The standard InChI is InChI=1S/C12H18FN3O/c1-15-11(12(14)17)7-8-16(2)10-5-3-9(13)4-6-10/h3-6,11,15H,7-8H2,1-2H3,(H2,14,17). The molecule has 0 radical (unpaired) electrons. The zero-order chi connectivity index (χ0) is 12.8. The molecule has 3 N–H and O–H groups in total. The maximum absolute atomic E-state index is 12.7. The van der Waals surface area contributed by atoms with Gasteiger partial charge in [0.1, 0.15) is 5.82 Å². The van der Waals surface area contributed by atoms with Crippen molar-refractivity contribution in [3.05, 3.63) is 30.1 Å². The number of primary amides is 1. The molecule has 1 unspecified atom stereocenters. The second kappa shape index (κ2) is 6.20. The third-order valence-electron chi connectivity index (χ3n) is 2.71. The molecule has 0 fully saturated rings. The Morgan fingerprint density at radius 2 is 2.06 bits per heavy atom. The van der Waals surface area contributed by atoms with Gasteiger partial charge in [0.25, 0.3) is 0 Å². The lowest BCUT2D eigenvalue weighted by atomic mass is 10.2. The van der Waals surface area contributed by atoms with E-state index < -0.39 is 0 Å². The first-order valence-electron chi connectivity index (χ1n) is 5.48. The van der Waals surface area contributed by atoms with Crippen LogP contribution in [0, 0.1) is 5.82 Å². The Kier molecular flexibility index (Phi) is 4.90. The molecule has 94 valence electrons. The number of hydrogen-bond acceptors (Lipinski definition) is 3. The van der Waals surface area contributed by atoms with E-state index in [9.17, 15) is 9.18 Å². The molecule has 1 amide bonds. The van der Waals surface area contributed by atoms with E-state index in [0.29, 0.717) is 13.0 Å². The molecular weight excluding hydrogens is 221 g/mol. The van der Waals surface area contributed by atoms with Gasteiger partial charge >= 0.3 is 0 Å². The van der Waals surface area contributed by atoms with E-state index in [-0.39, 0.29) is 17.8 Å². The van der Waals surface area contributed by atoms with Gasteiger partial charge in [-0.3, -0.25) is 4.79 Å². The summed E-state index contributed by atoms with van der Waals surface area (Å²) >= 11 is 0. The molecule has 0 aliphatic rings. The van der Waals surface area contributed by atoms with Gasteiger partial charge in [0, 0.05) is 19.3 Å². The van der Waals surface area contributed by atoms with Crippen LogP contribution in [0.15, 0.2) is 24.3 Å². The lowest BCUT2D eigenvalue weighted by Gasteiger charge is -2.21. The lowest BCUT2D eigenvalue weighted by molar-refractivity contribution is -0.119. The zero-order valence-electron chi connectivity index (χ0n) is 10.1. The highest BCUT2D eigenvalue weighted by Gasteiger charge is 2.13. The van der Waals surface area contributed by atoms with Crippen LogP contribution in [-0.2, 0) is 4.79 Å². The molecule has 0 aliphatic heterocycles. The molecule has 0 spiro atoms. The minimum Gasteiger partial charge on any atom is -0.375 e. The van der Waals surface area contributed by atoms with Gasteiger partial charge in [-0.2, -0.15) is 0 Å². The number of likely N-dealkylation sites (N-methyl/N-ethyl adjacent to an activating group) is 1. The number of carbonyl (C=O) groups excluding carboxylic acids is 1. The molecular formula is C12H18FN3O. The summed E-state index contributed by atoms with van der Waals surface area (Å²) in [6.07, 6.45) is 0.611. The van der Waals surface area contributed by atoms with E-state index in [1.165, 1.54) is 12.1 Å². The molecule has 4 nitrogen and oxygen atoms in total. The molecule has 1 atom stereocenters. The van der Waals surface area contributed by atoms with Crippen molar-refractivity contribution < 1.29 is 9.18 Å². The van der Waals surface area contributed by atoms with Crippen LogP contribution in [-0.4, -0.2) is 32.6 Å². The molecule has 1 aromatic rings. The van der Waals surface area contributed by atoms with Gasteiger partial charge in [0.2, 0.25) is 5.91 Å². The largest absolute Gasteiger partial charge is 0.375 e. The monoisotopic (exact) mass is 239 g/mol. The normalized spacial score (nSPS) is 12.2. The van der Waals surface area contributed by atoms with E-state index in [1.807, 2.05) is 11.9 Å². The molecule has 17 heavy (non-hydrogen) atoms. The number of benzene rings is 1. The lowest BCUT2D eigenvalue weighted by Crippen LogP contribution is -2.41. The summed E-state index contributed by atoms with van der Waals surface area (Å²) in [6, 6.07) is 5.89. The predicted octanol–water partition coefficient (Wildman–Crippen LogP) is 0.725. The Balaban J connectivity index is 2.52. The number of nitrogens with zero attached hydrogens (tertiary/aromatic N) is 1. The van der Waals surface area contributed by atoms with Crippen LogP contribution in [0.1, 0.15) is 6.42 Å². The Bertz CT molecular complexity index is 367. The first kappa shape index (κ1) is 13.4. The SMILES string of the molecule is CNC(CCN(C)c1ccc(F)cc1)C(N)=O. The molecule has 0 aromatic heterocycles. The van der Waals surface area contributed by atoms with Crippen molar-refractivity contribution in [2.45, 2.75) is 12.5 Å². The van der Waals surface area contributed by atoms with Crippen molar-refractivity contribution in [2.75, 3.05) is 25.5 Å². The number of nitrogens with two attached hydrogens (primary N) is 1. The van der Waals surface area contributed by atoms with Gasteiger partial charge in [0.15, 0.2) is 0 Å². The van der Waals surface area contributed by atoms with Gasteiger partial charge in [-0.15, -0.1) is 0 Å². The van der Waals surface area contributed by atoms with Crippen molar-refractivity contribution in [3.8, 4) is 0 Å². The number of carbonyl (C=O) groups is 1. The van der Waals surface area contributed by atoms with Gasteiger partial charge < -0.3 is 16.0 Å². The highest BCUT2D eigenvalue weighted by molar-refractivity contribution is 5.79. The molecule has 0 aliphatic carbocycles. The van der Waals surface area contributed by atoms with E-state index >= 15 is 0 Å². The fourth-order valence-electron chi connectivity index (χ4n) is 1.58. The molecule has 1 aromatic carbocycles. The van der Waals surface area contributed by atoms with Crippen molar-refractivity contribution in [1.82, 2.24) is 5.32 Å². The van der Waals surface area contributed by atoms with Crippen molar-refractivity contribution in [1.29, 1.82) is 0 Å². The smallest absolute Gasteiger partial charge is 0.234 e. The number of hydrogen-bond donors (Lipinski definition) is 2. The molecule has 0 bridgehead atoms. The Hall–Kier alpha value is -1.62. The summed E-state index contributed by atoms with van der Waals surface area (Å²) < 4.78 is 12.7. The summed E-state index contributed by atoms with van der Waals surface area (Å²) in [5, 5.41) is 2.86. The number of amides is 1. The maximum atomic E-state index is 12.7. The summed E-state index contributed by atoms with van der Waals surface area (Å²) in [5.74, 6) is -0.618. The van der Waals surface area contributed by atoms with Crippen LogP contribution in [0.3, 0.4) is 0 Å². The van der Waals surface area contributed by atoms with E-state index in [4.69, 9.17) is 5.73 Å². The fourth-order valence-corrected chi connectivity index (χ4v) is 1.58. The Labute approximate surface area is 101 Å². The summed E-state index contributed by atoms with van der Waals surface area (Å²) in [4.78, 5) is 13.0. The number of halogens is 1. The molecule has 0 saturated heterocycles. The van der Waals surface area contributed by atoms with Crippen LogP contribution >= 0.6 is 0 Å². The van der Waals surface area contributed by atoms with Crippen LogP contribution in [0.4, 0.5) is 10.1 Å². The van der Waals surface area contributed by atoms with Crippen LogP contribution < -0.4 is 16.0 Å². The fraction of sp³-hybridized carbons (Fsp3) is 0.417. The third kappa shape index (κ3) is 4.03. The molecule has 5 heteroatoms. The summed E-state index contributed by atoms with van der Waals surface area (Å²) in [6.45, 7) is 0.667. The van der Waals surface area contributed by atoms with Crippen molar-refractivity contribution >= 4 is 11.6 Å². The average molecular weight is 239 g/mol. The highest BCUT2D eigenvalue weighted by Crippen LogP contribution is 2.13.